The normalized spacial score (nSPS) is 12.2. The van der Waals surface area contributed by atoms with Crippen molar-refractivity contribution in [2.24, 2.45) is 0 Å². The maximum atomic E-state index is 12.7. The Labute approximate surface area is 203 Å². The number of nitrogens with one attached hydrogen (secondary N) is 2. The number of carbonyl (C=O) groups is 1. The van der Waals surface area contributed by atoms with E-state index in [0.717, 1.165) is 11.1 Å². The molecule has 1 amide bonds. The predicted octanol–water partition coefficient (Wildman–Crippen LogP) is 6.21. The highest BCUT2D eigenvalue weighted by molar-refractivity contribution is 7.92. The topological polar surface area (TPSA) is 84.5 Å². The van der Waals surface area contributed by atoms with Crippen LogP contribution in [0.15, 0.2) is 65.6 Å². The quantitative estimate of drug-likeness (QED) is 0.380. The molecule has 0 aromatic heterocycles. The Kier molecular flexibility index (Phi) is 7.89. The van der Waals surface area contributed by atoms with Gasteiger partial charge in [-0.25, -0.2) is 8.42 Å². The molecule has 0 spiro atoms. The molecule has 0 saturated heterocycles. The highest BCUT2D eigenvalue weighted by Crippen LogP contribution is 2.28. The highest BCUT2D eigenvalue weighted by atomic mass is 35.5. The van der Waals surface area contributed by atoms with Crippen LogP contribution in [0.5, 0.6) is 5.75 Å². The summed E-state index contributed by atoms with van der Waals surface area (Å²) in [5.74, 6) is 0.338. The van der Waals surface area contributed by atoms with E-state index in [2.05, 4.69) is 10.0 Å². The van der Waals surface area contributed by atoms with Crippen molar-refractivity contribution < 1.29 is 17.9 Å². The molecule has 0 aliphatic heterocycles. The molecule has 0 fully saturated rings. The molecule has 3 aromatic rings. The third-order valence-electron chi connectivity index (χ3n) is 4.88. The van der Waals surface area contributed by atoms with Gasteiger partial charge in [-0.2, -0.15) is 0 Å². The van der Waals surface area contributed by atoms with Crippen LogP contribution in [-0.2, 0) is 14.8 Å². The molecule has 0 unspecified atom stereocenters. The maximum Gasteiger partial charge on any atom is 0.265 e. The summed E-state index contributed by atoms with van der Waals surface area (Å²) in [7, 11) is -3.88. The summed E-state index contributed by atoms with van der Waals surface area (Å²) in [6.07, 6.45) is -0.222. The summed E-state index contributed by atoms with van der Waals surface area (Å²) in [4.78, 5) is 12.8. The van der Waals surface area contributed by atoms with Gasteiger partial charge in [0.2, 0.25) is 0 Å². The molecule has 2 N–H and O–H groups in total. The van der Waals surface area contributed by atoms with Crippen molar-refractivity contribution in [1.82, 2.24) is 0 Å². The van der Waals surface area contributed by atoms with Crippen molar-refractivity contribution in [3.63, 3.8) is 0 Å². The third-order valence-corrected chi connectivity index (χ3v) is 6.81. The summed E-state index contributed by atoms with van der Waals surface area (Å²) in [5.41, 5.74) is 2.64. The van der Waals surface area contributed by atoms with Crippen molar-refractivity contribution in [3.8, 4) is 5.75 Å². The number of halogens is 2. The standard InChI is InChI=1S/C24H24Cl2N2O4S/c1-4-22(32-23-13-15(2)5-6-16(23)3)24(29)27-18-8-10-19(11-9-18)33(30,31)28-21-12-7-17(25)14-20(21)26/h5-14,22,28H,4H2,1-3H3,(H,27,29)/t22-/m0/s1. The van der Waals surface area contributed by atoms with E-state index in [9.17, 15) is 13.2 Å². The van der Waals surface area contributed by atoms with Crippen LogP contribution in [0.4, 0.5) is 11.4 Å². The second-order valence-corrected chi connectivity index (χ2v) is 10.1. The van der Waals surface area contributed by atoms with Crippen LogP contribution in [0.25, 0.3) is 0 Å². The van der Waals surface area contributed by atoms with E-state index in [4.69, 9.17) is 27.9 Å². The van der Waals surface area contributed by atoms with E-state index in [1.807, 2.05) is 39.0 Å². The maximum absolute atomic E-state index is 12.7. The predicted molar refractivity (Wildman–Crippen MR) is 133 cm³/mol. The smallest absolute Gasteiger partial charge is 0.265 e. The van der Waals surface area contributed by atoms with E-state index in [1.54, 1.807) is 0 Å². The van der Waals surface area contributed by atoms with Gasteiger partial charge in [-0.1, -0.05) is 42.3 Å². The zero-order valence-electron chi connectivity index (χ0n) is 18.4. The first-order chi connectivity index (χ1) is 15.6. The first-order valence-electron chi connectivity index (χ1n) is 10.2. The number of anilines is 2. The molecule has 0 heterocycles. The van der Waals surface area contributed by atoms with Gasteiger partial charge in [-0.05, 0) is 79.9 Å². The summed E-state index contributed by atoms with van der Waals surface area (Å²) in [5, 5.41) is 3.36. The van der Waals surface area contributed by atoms with Crippen LogP contribution in [-0.4, -0.2) is 20.4 Å². The van der Waals surface area contributed by atoms with Gasteiger partial charge >= 0.3 is 0 Å². The third kappa shape index (κ3) is 6.41. The van der Waals surface area contributed by atoms with Gasteiger partial charge in [-0.15, -0.1) is 0 Å². The molecule has 174 valence electrons. The van der Waals surface area contributed by atoms with Crippen LogP contribution in [0, 0.1) is 13.8 Å². The van der Waals surface area contributed by atoms with Gasteiger partial charge in [0.15, 0.2) is 6.10 Å². The lowest BCUT2D eigenvalue weighted by atomic mass is 10.1. The van der Waals surface area contributed by atoms with E-state index < -0.39 is 16.1 Å². The molecule has 0 radical (unpaired) electrons. The van der Waals surface area contributed by atoms with Gasteiger partial charge in [0.1, 0.15) is 5.75 Å². The number of rotatable bonds is 8. The summed E-state index contributed by atoms with van der Waals surface area (Å²) in [6.45, 7) is 5.74. The van der Waals surface area contributed by atoms with E-state index in [1.165, 1.54) is 42.5 Å². The van der Waals surface area contributed by atoms with Gasteiger partial charge in [0, 0.05) is 10.7 Å². The zero-order chi connectivity index (χ0) is 24.2. The Morgan fingerprint density at radius 1 is 1.00 bits per heavy atom. The zero-order valence-corrected chi connectivity index (χ0v) is 20.7. The Morgan fingerprint density at radius 2 is 1.70 bits per heavy atom. The molecule has 9 heteroatoms. The molecule has 1 atom stereocenters. The van der Waals surface area contributed by atoms with Crippen molar-refractivity contribution >= 4 is 50.5 Å². The Morgan fingerprint density at radius 3 is 2.33 bits per heavy atom. The van der Waals surface area contributed by atoms with Crippen molar-refractivity contribution in [3.05, 3.63) is 81.8 Å². The summed E-state index contributed by atoms with van der Waals surface area (Å²) < 4.78 is 33.7. The number of ether oxygens (including phenoxy) is 1. The summed E-state index contributed by atoms with van der Waals surface area (Å²) >= 11 is 11.9. The van der Waals surface area contributed by atoms with Crippen molar-refractivity contribution in [1.29, 1.82) is 0 Å². The fourth-order valence-corrected chi connectivity index (χ4v) is 4.62. The number of amides is 1. The Bertz CT molecular complexity index is 1260. The average Bonchev–Trinajstić information content (AvgIpc) is 2.76. The molecule has 0 saturated carbocycles. The van der Waals surface area contributed by atoms with Gasteiger partial charge < -0.3 is 10.1 Å². The van der Waals surface area contributed by atoms with Crippen LogP contribution < -0.4 is 14.8 Å². The molecule has 6 nitrogen and oxygen atoms in total. The fraction of sp³-hybridized carbons (Fsp3) is 0.208. The second-order valence-electron chi connectivity index (χ2n) is 7.53. The Hall–Kier alpha value is -2.74. The molecule has 3 aromatic carbocycles. The van der Waals surface area contributed by atoms with Crippen LogP contribution in [0.3, 0.4) is 0 Å². The van der Waals surface area contributed by atoms with Crippen LogP contribution >= 0.6 is 23.2 Å². The molecule has 0 bridgehead atoms. The number of benzene rings is 3. The van der Waals surface area contributed by atoms with Crippen molar-refractivity contribution in [2.45, 2.75) is 38.2 Å². The first kappa shape index (κ1) is 24.9. The first-order valence-corrected chi connectivity index (χ1v) is 12.5. The average molecular weight is 507 g/mol. The molecule has 0 aliphatic carbocycles. The number of carbonyl (C=O) groups excluding carboxylic acids is 1. The minimum atomic E-state index is -3.88. The van der Waals surface area contributed by atoms with Gasteiger partial charge in [0.05, 0.1) is 15.6 Å². The molecule has 0 aliphatic rings. The second kappa shape index (κ2) is 10.5. The number of aryl methyl sites for hydroxylation is 2. The number of hydrogen-bond donors (Lipinski definition) is 2. The molecule has 33 heavy (non-hydrogen) atoms. The lowest BCUT2D eigenvalue weighted by Crippen LogP contribution is -2.32. The largest absolute Gasteiger partial charge is 0.480 e. The van der Waals surface area contributed by atoms with Crippen LogP contribution in [0.2, 0.25) is 10.0 Å². The SMILES string of the molecule is CC[C@H](Oc1cc(C)ccc1C)C(=O)Nc1ccc(S(=O)(=O)Nc2ccc(Cl)cc2Cl)cc1. The fourth-order valence-electron chi connectivity index (χ4n) is 3.03. The van der Waals surface area contributed by atoms with Crippen LogP contribution in [0.1, 0.15) is 24.5 Å². The van der Waals surface area contributed by atoms with Gasteiger partial charge in [0.25, 0.3) is 15.9 Å². The van der Waals surface area contributed by atoms with E-state index >= 15 is 0 Å². The number of hydrogen-bond acceptors (Lipinski definition) is 4. The lowest BCUT2D eigenvalue weighted by molar-refractivity contribution is -0.122. The minimum Gasteiger partial charge on any atom is -0.480 e. The molecule has 3 rings (SSSR count). The minimum absolute atomic E-state index is 0.0187. The monoisotopic (exact) mass is 506 g/mol. The van der Waals surface area contributed by atoms with Gasteiger partial charge in [-0.3, -0.25) is 9.52 Å². The highest BCUT2D eigenvalue weighted by Gasteiger charge is 2.20. The molecular formula is C24H24Cl2N2O4S. The summed E-state index contributed by atoms with van der Waals surface area (Å²) in [6, 6.07) is 16.1. The Balaban J connectivity index is 1.69. The lowest BCUT2D eigenvalue weighted by Gasteiger charge is -2.19. The van der Waals surface area contributed by atoms with E-state index in [-0.39, 0.29) is 21.5 Å². The van der Waals surface area contributed by atoms with Crippen molar-refractivity contribution in [2.75, 3.05) is 10.0 Å². The van der Waals surface area contributed by atoms with E-state index in [0.29, 0.717) is 22.9 Å². The molecular weight excluding hydrogens is 483 g/mol. The number of sulfonamides is 1.